The summed E-state index contributed by atoms with van der Waals surface area (Å²) in [6.45, 7) is 0. The van der Waals surface area contributed by atoms with Gasteiger partial charge >= 0.3 is 206 Å². The summed E-state index contributed by atoms with van der Waals surface area (Å²) in [6.07, 6.45) is 0. The molecule has 0 aliphatic heterocycles. The van der Waals surface area contributed by atoms with Gasteiger partial charge in [0.25, 0.3) is 0 Å². The standard InChI is InChI=1S/2La.9O.2Sr.2Ti/q2*+3;9*-2;2*+2;2*+4. The van der Waals surface area contributed by atoms with Crippen LogP contribution in [0.4, 0.5) is 0 Å². The molecule has 0 aliphatic carbocycles. The van der Waals surface area contributed by atoms with Crippen LogP contribution in [0.15, 0.2) is 0 Å². The summed E-state index contributed by atoms with van der Waals surface area (Å²) in [5, 5.41) is 0. The Kier molecular flexibility index (Phi) is 2700. The molecule has 0 unspecified atom stereocenters. The molecule has 0 amide bonds. The van der Waals surface area contributed by atoms with Crippen molar-refractivity contribution >= 4 is 91.0 Å². The van der Waals surface area contributed by atoms with E-state index >= 15 is 0 Å². The molecule has 0 rings (SSSR count). The van der Waals surface area contributed by atoms with Crippen molar-refractivity contribution < 1.29 is 164 Å². The van der Waals surface area contributed by atoms with Gasteiger partial charge in [-0.2, -0.15) is 0 Å². The third-order valence-electron chi connectivity index (χ3n) is 0. The van der Waals surface area contributed by atoms with E-state index in [1.807, 2.05) is 0 Å². The fourth-order valence-electron chi connectivity index (χ4n) is 0. The Morgan fingerprint density at radius 1 is 0.267 bits per heavy atom. The maximum absolute atomic E-state index is 0. The van der Waals surface area contributed by atoms with Gasteiger partial charge in [-0.15, -0.1) is 0 Å². The number of rotatable bonds is 0. The molecule has 0 saturated carbocycles. The molecule has 0 atom stereocenters. The minimum atomic E-state index is 0. The fourth-order valence-corrected chi connectivity index (χ4v) is 0. The van der Waals surface area contributed by atoms with E-state index in [0.29, 0.717) is 0 Å². The Hall–Kier alpha value is 6.42. The second kappa shape index (κ2) is 187. The van der Waals surface area contributed by atoms with E-state index in [9.17, 15) is 0 Å². The summed E-state index contributed by atoms with van der Waals surface area (Å²) in [4.78, 5) is 0. The van der Waals surface area contributed by atoms with Crippen molar-refractivity contribution in [2.45, 2.75) is 0 Å². The van der Waals surface area contributed by atoms with E-state index in [2.05, 4.69) is 0 Å². The maximum Gasteiger partial charge on any atom is 4.00 e. The molecule has 0 spiro atoms. The summed E-state index contributed by atoms with van der Waals surface area (Å²) >= 11 is 0. The van der Waals surface area contributed by atoms with Crippen LogP contribution in [0.1, 0.15) is 0 Å². The van der Waals surface area contributed by atoms with Crippen molar-refractivity contribution in [3.8, 4) is 0 Å². The van der Waals surface area contributed by atoms with Crippen LogP contribution >= 0.6 is 0 Å². The average Bonchev–Trinajstić information content (AvgIpc) is 0. The molecule has 0 aromatic rings. The molecule has 0 heterocycles. The van der Waals surface area contributed by atoms with Gasteiger partial charge in [0.1, 0.15) is 0 Å². The zero-order valence-electron chi connectivity index (χ0n) is 7.24. The van der Waals surface area contributed by atoms with Crippen LogP contribution in [0.25, 0.3) is 0 Å². The van der Waals surface area contributed by atoms with E-state index in [1.165, 1.54) is 0 Å². The Morgan fingerprint density at radius 2 is 0.267 bits per heavy atom. The molecule has 72 valence electrons. The van der Waals surface area contributed by atoms with Gasteiger partial charge in [0.15, 0.2) is 0 Å². The summed E-state index contributed by atoms with van der Waals surface area (Å²) in [5.74, 6) is 0. The Balaban J connectivity index is 0. The van der Waals surface area contributed by atoms with Crippen LogP contribution in [-0.2, 0) is 92.7 Å². The Labute approximate surface area is 248 Å². The minimum Gasteiger partial charge on any atom is -2.00 e. The summed E-state index contributed by atoms with van der Waals surface area (Å²) in [6, 6.07) is 0. The fraction of sp³-hybridized carbons (Fsp3) is 0. The van der Waals surface area contributed by atoms with Crippen molar-refractivity contribution in [1.29, 1.82) is 0 Å². The zero-order chi connectivity index (χ0) is 0. The van der Waals surface area contributed by atoms with Gasteiger partial charge in [0.05, 0.1) is 0 Å². The van der Waals surface area contributed by atoms with E-state index in [4.69, 9.17) is 0 Å². The zero-order valence-corrected chi connectivity index (χ0v) is 24.6. The van der Waals surface area contributed by atoms with Crippen molar-refractivity contribution in [3.63, 3.8) is 0 Å². The summed E-state index contributed by atoms with van der Waals surface area (Å²) in [5.41, 5.74) is 0. The van der Waals surface area contributed by atoms with Gasteiger partial charge in [0, 0.05) is 0 Å². The monoisotopic (exact) mass is 693 g/mol. The van der Waals surface area contributed by atoms with Crippen molar-refractivity contribution in [2.75, 3.05) is 0 Å². The molecule has 0 aromatic heterocycles. The molecular weight excluding hydrogens is 693 g/mol. The smallest absolute Gasteiger partial charge is 2.00 e. The molecule has 0 radical (unpaired) electrons. The van der Waals surface area contributed by atoms with Crippen LogP contribution in [0.3, 0.4) is 0 Å². The van der Waals surface area contributed by atoms with E-state index in [-0.39, 0.29) is 255 Å². The molecule has 0 fully saturated rings. The first-order chi connectivity index (χ1) is 0. The number of hydrogen-bond acceptors (Lipinski definition) is 0. The topological polar surface area (TPSA) is 256 Å². The van der Waals surface area contributed by atoms with Gasteiger partial charge < -0.3 is 49.3 Å². The molecule has 0 aromatic carbocycles. The SMILES string of the molecule is [La+3].[La+3].[O-2].[O-2].[O-2].[O-2].[O-2].[O-2].[O-2].[O-2].[O-2].[Sr+2].[Sr+2].[Ti+4].[Ti+4]. The normalized spacial score (nSPS) is 0. The first kappa shape index (κ1) is 217. The van der Waals surface area contributed by atoms with Crippen LogP contribution < -0.4 is 0 Å². The van der Waals surface area contributed by atoms with Gasteiger partial charge in [0.2, 0.25) is 0 Å². The van der Waals surface area contributed by atoms with Crippen molar-refractivity contribution in [1.82, 2.24) is 0 Å². The van der Waals surface area contributed by atoms with E-state index in [1.54, 1.807) is 0 Å². The van der Waals surface area contributed by atoms with Crippen molar-refractivity contribution in [3.05, 3.63) is 0 Å². The van der Waals surface area contributed by atoms with Gasteiger partial charge in [-0.05, 0) is 0 Å². The van der Waals surface area contributed by atoms with Crippen LogP contribution in [0.2, 0.25) is 0 Å². The molecular formula is La2O9Sr2Ti2. The van der Waals surface area contributed by atoms with E-state index < -0.39 is 0 Å². The van der Waals surface area contributed by atoms with Crippen LogP contribution in [0.5, 0.6) is 0 Å². The number of hydrogen-bond donors (Lipinski definition) is 0. The second-order valence-corrected chi connectivity index (χ2v) is 0. The average molecular weight is 693 g/mol. The third kappa shape index (κ3) is 168. The molecule has 0 bridgehead atoms. The maximum atomic E-state index is 0. The van der Waals surface area contributed by atoms with Gasteiger partial charge in [-0.3, -0.25) is 0 Å². The molecule has 0 N–H and O–H groups in total. The first-order valence-corrected chi connectivity index (χ1v) is 0. The predicted octanol–water partition coefficient (Wildman–Crippen LogP) is -1.84. The Bertz CT molecular complexity index is 24.1. The molecule has 0 saturated heterocycles. The Morgan fingerprint density at radius 3 is 0.267 bits per heavy atom. The minimum absolute atomic E-state index is 0. The van der Waals surface area contributed by atoms with Gasteiger partial charge in [-0.1, -0.05) is 0 Å². The summed E-state index contributed by atoms with van der Waals surface area (Å²) < 4.78 is 0. The molecule has 15 heavy (non-hydrogen) atoms. The summed E-state index contributed by atoms with van der Waals surface area (Å²) in [7, 11) is 0. The quantitative estimate of drug-likeness (QED) is 0.254. The van der Waals surface area contributed by atoms with Crippen molar-refractivity contribution in [2.24, 2.45) is 0 Å². The van der Waals surface area contributed by atoms with E-state index in [0.717, 1.165) is 0 Å². The second-order valence-electron chi connectivity index (χ2n) is 0. The third-order valence-corrected chi connectivity index (χ3v) is 0. The molecule has 9 nitrogen and oxygen atoms in total. The largest absolute Gasteiger partial charge is 4.00 e. The van der Waals surface area contributed by atoms with Gasteiger partial charge in [-0.25, -0.2) is 0 Å². The first-order valence-electron chi connectivity index (χ1n) is 0. The molecule has 0 aliphatic rings. The van der Waals surface area contributed by atoms with Crippen LogP contribution in [0, 0.1) is 71.2 Å². The molecule has 15 heteroatoms. The predicted molar refractivity (Wildman–Crippen MR) is 17.7 cm³/mol. The van der Waals surface area contributed by atoms with Crippen LogP contribution in [-0.4, -0.2) is 91.0 Å².